The third kappa shape index (κ3) is 4.84. The Hall–Kier alpha value is -3.28. The van der Waals surface area contributed by atoms with E-state index in [1.165, 1.54) is 20.3 Å². The van der Waals surface area contributed by atoms with E-state index in [9.17, 15) is 9.59 Å². The number of benzene rings is 2. The highest BCUT2D eigenvalue weighted by Gasteiger charge is 2.07. The minimum Gasteiger partial charge on any atom is -0.497 e. The third-order valence-corrected chi connectivity index (χ3v) is 3.43. The Morgan fingerprint density at radius 3 is 2.28 bits per heavy atom. The van der Waals surface area contributed by atoms with Crippen LogP contribution >= 0.6 is 0 Å². The van der Waals surface area contributed by atoms with Crippen LogP contribution in [0.25, 0.3) is 6.08 Å². The number of nitrogens with one attached hydrogen (secondary N) is 1. The van der Waals surface area contributed by atoms with Crippen LogP contribution in [0, 0.1) is 0 Å². The fourth-order valence-corrected chi connectivity index (χ4v) is 2.10. The van der Waals surface area contributed by atoms with Crippen molar-refractivity contribution in [2.45, 2.75) is 0 Å². The largest absolute Gasteiger partial charge is 0.497 e. The number of hydrogen-bond acceptors (Lipinski definition) is 5. The first-order chi connectivity index (χ1) is 12.1. The van der Waals surface area contributed by atoms with Crippen molar-refractivity contribution in [2.24, 2.45) is 0 Å². The third-order valence-electron chi connectivity index (χ3n) is 3.43. The van der Waals surface area contributed by atoms with Crippen LogP contribution in [0.4, 0.5) is 5.69 Å². The van der Waals surface area contributed by atoms with Crippen LogP contribution in [-0.2, 0) is 9.53 Å². The number of methoxy groups -OCH3 is 3. The van der Waals surface area contributed by atoms with Crippen molar-refractivity contribution in [1.82, 2.24) is 0 Å². The van der Waals surface area contributed by atoms with Crippen molar-refractivity contribution in [3.63, 3.8) is 0 Å². The van der Waals surface area contributed by atoms with Gasteiger partial charge >= 0.3 is 5.97 Å². The van der Waals surface area contributed by atoms with Gasteiger partial charge in [-0.1, -0.05) is 12.1 Å². The molecule has 0 saturated carbocycles. The molecule has 0 radical (unpaired) electrons. The van der Waals surface area contributed by atoms with Crippen molar-refractivity contribution in [1.29, 1.82) is 0 Å². The van der Waals surface area contributed by atoms with Crippen LogP contribution in [-0.4, -0.2) is 33.2 Å². The van der Waals surface area contributed by atoms with E-state index < -0.39 is 5.97 Å². The number of rotatable bonds is 6. The molecule has 6 nitrogen and oxygen atoms in total. The summed E-state index contributed by atoms with van der Waals surface area (Å²) in [5.41, 5.74) is 1.77. The van der Waals surface area contributed by atoms with Gasteiger partial charge in [-0.25, -0.2) is 4.79 Å². The maximum atomic E-state index is 12.1. The van der Waals surface area contributed by atoms with E-state index in [4.69, 9.17) is 9.47 Å². The molecule has 130 valence electrons. The summed E-state index contributed by atoms with van der Waals surface area (Å²) in [5.74, 6) is 0.431. The van der Waals surface area contributed by atoms with Crippen LogP contribution in [0.5, 0.6) is 11.5 Å². The number of carbonyl (C=O) groups is 2. The number of amides is 1. The molecule has 6 heteroatoms. The summed E-state index contributed by atoms with van der Waals surface area (Å²) in [6.07, 6.45) is 3.04. The predicted octanol–water partition coefficient (Wildman–Crippen LogP) is 3.14. The molecule has 0 saturated heterocycles. The van der Waals surface area contributed by atoms with Gasteiger partial charge in [0, 0.05) is 12.1 Å². The molecule has 1 amide bonds. The van der Waals surface area contributed by atoms with Gasteiger partial charge in [-0.2, -0.15) is 0 Å². The van der Waals surface area contributed by atoms with Crippen LogP contribution < -0.4 is 14.8 Å². The molecule has 2 aromatic carbocycles. The van der Waals surface area contributed by atoms with Crippen molar-refractivity contribution >= 4 is 23.6 Å². The van der Waals surface area contributed by atoms with Crippen molar-refractivity contribution < 1.29 is 23.8 Å². The second kappa shape index (κ2) is 8.54. The SMILES string of the molecule is COC(=O)c1ccc(C=CC(=O)Nc2ccc(OC)cc2OC)cc1. The van der Waals surface area contributed by atoms with Crippen molar-refractivity contribution in [3.05, 3.63) is 59.7 Å². The molecule has 2 rings (SSSR count). The smallest absolute Gasteiger partial charge is 0.337 e. The van der Waals surface area contributed by atoms with Gasteiger partial charge in [0.15, 0.2) is 0 Å². The van der Waals surface area contributed by atoms with Gasteiger partial charge in [0.05, 0.1) is 32.6 Å². The first kappa shape index (κ1) is 18.1. The van der Waals surface area contributed by atoms with Gasteiger partial charge in [-0.05, 0) is 35.9 Å². The lowest BCUT2D eigenvalue weighted by atomic mass is 10.1. The predicted molar refractivity (Wildman–Crippen MR) is 95.0 cm³/mol. The van der Waals surface area contributed by atoms with E-state index in [1.807, 2.05) is 0 Å². The second-order valence-corrected chi connectivity index (χ2v) is 5.00. The Morgan fingerprint density at radius 1 is 0.960 bits per heavy atom. The van der Waals surface area contributed by atoms with Crippen LogP contribution in [0.1, 0.15) is 15.9 Å². The molecule has 0 atom stereocenters. The maximum absolute atomic E-state index is 12.1. The molecule has 0 aliphatic carbocycles. The summed E-state index contributed by atoms with van der Waals surface area (Å²) in [6, 6.07) is 11.8. The summed E-state index contributed by atoms with van der Waals surface area (Å²) in [5, 5.41) is 2.74. The lowest BCUT2D eigenvalue weighted by Gasteiger charge is -2.10. The maximum Gasteiger partial charge on any atom is 0.337 e. The van der Waals surface area contributed by atoms with Gasteiger partial charge in [-0.3, -0.25) is 4.79 Å². The van der Waals surface area contributed by atoms with E-state index in [-0.39, 0.29) is 5.91 Å². The highest BCUT2D eigenvalue weighted by molar-refractivity contribution is 6.02. The zero-order valence-electron chi connectivity index (χ0n) is 14.2. The van der Waals surface area contributed by atoms with Gasteiger partial charge in [-0.15, -0.1) is 0 Å². The number of esters is 1. The van der Waals surface area contributed by atoms with E-state index in [0.29, 0.717) is 22.7 Å². The molecular weight excluding hydrogens is 322 g/mol. The Morgan fingerprint density at radius 2 is 1.68 bits per heavy atom. The number of ether oxygens (including phenoxy) is 3. The van der Waals surface area contributed by atoms with E-state index in [2.05, 4.69) is 10.1 Å². The normalized spacial score (nSPS) is 10.4. The standard InChI is InChI=1S/C19H19NO5/c1-23-15-9-10-16(17(12-15)24-2)20-18(21)11-6-13-4-7-14(8-5-13)19(22)25-3/h4-12H,1-3H3,(H,20,21). The highest BCUT2D eigenvalue weighted by atomic mass is 16.5. The lowest BCUT2D eigenvalue weighted by molar-refractivity contribution is -0.111. The first-order valence-electron chi connectivity index (χ1n) is 7.47. The zero-order valence-corrected chi connectivity index (χ0v) is 14.2. The van der Waals surface area contributed by atoms with Crippen LogP contribution in [0.3, 0.4) is 0 Å². The molecule has 0 bridgehead atoms. The molecule has 2 aromatic rings. The minimum atomic E-state index is -0.403. The highest BCUT2D eigenvalue weighted by Crippen LogP contribution is 2.28. The minimum absolute atomic E-state index is 0.305. The molecule has 0 heterocycles. The number of anilines is 1. The average molecular weight is 341 g/mol. The molecule has 0 aromatic heterocycles. The fraction of sp³-hybridized carbons (Fsp3) is 0.158. The van der Waals surface area contributed by atoms with Gasteiger partial charge in [0.2, 0.25) is 5.91 Å². The number of hydrogen-bond donors (Lipinski definition) is 1. The summed E-state index contributed by atoms with van der Waals surface area (Å²) >= 11 is 0. The Balaban J connectivity index is 2.04. The summed E-state index contributed by atoms with van der Waals surface area (Å²) in [7, 11) is 4.40. The van der Waals surface area contributed by atoms with Crippen LogP contribution in [0.15, 0.2) is 48.5 Å². The molecule has 0 aliphatic heterocycles. The molecule has 0 unspecified atom stereocenters. The zero-order chi connectivity index (χ0) is 18.2. The van der Waals surface area contributed by atoms with Crippen molar-refractivity contribution in [2.75, 3.05) is 26.6 Å². The Bertz CT molecular complexity index is 781. The fourth-order valence-electron chi connectivity index (χ4n) is 2.10. The molecular formula is C19H19NO5. The topological polar surface area (TPSA) is 73.9 Å². The van der Waals surface area contributed by atoms with Gasteiger partial charge in [0.1, 0.15) is 11.5 Å². The van der Waals surface area contributed by atoms with Gasteiger partial charge < -0.3 is 19.5 Å². The first-order valence-corrected chi connectivity index (χ1v) is 7.47. The molecule has 0 fully saturated rings. The van der Waals surface area contributed by atoms with Crippen LogP contribution in [0.2, 0.25) is 0 Å². The summed E-state index contributed by atoms with van der Waals surface area (Å²) < 4.78 is 15.0. The van der Waals surface area contributed by atoms with E-state index >= 15 is 0 Å². The van der Waals surface area contributed by atoms with E-state index in [1.54, 1.807) is 55.7 Å². The lowest BCUT2D eigenvalue weighted by Crippen LogP contribution is -2.09. The second-order valence-electron chi connectivity index (χ2n) is 5.00. The Kier molecular flexibility index (Phi) is 6.17. The van der Waals surface area contributed by atoms with Crippen molar-refractivity contribution in [3.8, 4) is 11.5 Å². The molecule has 1 N–H and O–H groups in total. The molecule has 0 aliphatic rings. The Labute approximate surface area is 146 Å². The monoisotopic (exact) mass is 341 g/mol. The molecule has 25 heavy (non-hydrogen) atoms. The quantitative estimate of drug-likeness (QED) is 0.645. The number of carbonyl (C=O) groups excluding carboxylic acids is 2. The average Bonchev–Trinajstić information content (AvgIpc) is 2.66. The summed E-state index contributed by atoms with van der Waals surface area (Å²) in [6.45, 7) is 0. The van der Waals surface area contributed by atoms with E-state index in [0.717, 1.165) is 5.56 Å². The molecule has 0 spiro atoms. The van der Waals surface area contributed by atoms with Gasteiger partial charge in [0.25, 0.3) is 0 Å². The summed E-state index contributed by atoms with van der Waals surface area (Å²) in [4.78, 5) is 23.4.